The van der Waals surface area contributed by atoms with Crippen LogP contribution in [-0.4, -0.2) is 42.8 Å². The number of alkyl halides is 1. The van der Waals surface area contributed by atoms with E-state index >= 15 is 0 Å². The second kappa shape index (κ2) is 8.68. The number of Topliss-reactive ketones (excluding diaryl/α,β-unsaturated/α-hetero) is 1. The second-order valence-electron chi connectivity index (χ2n) is 5.59. The molecule has 1 N–H and O–H groups in total. The Morgan fingerprint density at radius 2 is 1.78 bits per heavy atom. The van der Waals surface area contributed by atoms with Gasteiger partial charge in [-0.05, 0) is 30.3 Å². The van der Waals surface area contributed by atoms with E-state index in [1.165, 1.54) is 6.07 Å². The molecule has 0 radical (unpaired) electrons. The van der Waals surface area contributed by atoms with Crippen molar-refractivity contribution in [2.45, 2.75) is 0 Å². The molecule has 0 spiro atoms. The minimum atomic E-state index is -0.702. The molecule has 8 heteroatoms. The molecule has 27 heavy (non-hydrogen) atoms. The molecule has 0 aliphatic carbocycles. The lowest BCUT2D eigenvalue weighted by molar-refractivity contribution is -0.113. The molecule has 1 aliphatic heterocycles. The summed E-state index contributed by atoms with van der Waals surface area (Å²) in [4.78, 5) is 36.2. The van der Waals surface area contributed by atoms with Crippen LogP contribution in [0.5, 0.6) is 11.5 Å². The predicted molar refractivity (Wildman–Crippen MR) is 101 cm³/mol. The quantitative estimate of drug-likeness (QED) is 0.427. The van der Waals surface area contributed by atoms with E-state index in [1.54, 1.807) is 36.4 Å². The highest BCUT2D eigenvalue weighted by molar-refractivity contribution is 9.09. The summed E-state index contributed by atoms with van der Waals surface area (Å²) < 4.78 is 16.0. The van der Waals surface area contributed by atoms with Crippen molar-refractivity contribution in [1.29, 1.82) is 0 Å². The highest BCUT2D eigenvalue weighted by Crippen LogP contribution is 2.30. The van der Waals surface area contributed by atoms with Gasteiger partial charge in [-0.2, -0.15) is 0 Å². The summed E-state index contributed by atoms with van der Waals surface area (Å²) in [6.45, 7) is 0.443. The molecule has 1 heterocycles. The van der Waals surface area contributed by atoms with Crippen LogP contribution in [0.25, 0.3) is 0 Å². The number of ether oxygens (including phenoxy) is 3. The van der Waals surface area contributed by atoms with Crippen molar-refractivity contribution in [2.75, 3.05) is 30.5 Å². The van der Waals surface area contributed by atoms with E-state index in [-0.39, 0.29) is 22.6 Å². The molecule has 2 aromatic rings. The molecule has 0 fully saturated rings. The SMILES string of the molecule is O=C(CBr)Nc1ccccc1C(=O)OCC(=O)c1ccc2c(c1)OCCO2. The molecule has 140 valence electrons. The third-order valence-electron chi connectivity index (χ3n) is 3.74. The van der Waals surface area contributed by atoms with Gasteiger partial charge >= 0.3 is 5.97 Å². The largest absolute Gasteiger partial charge is 0.486 e. The summed E-state index contributed by atoms with van der Waals surface area (Å²) in [5, 5.41) is 2.69. The topological polar surface area (TPSA) is 90.9 Å². The van der Waals surface area contributed by atoms with Gasteiger partial charge in [0.1, 0.15) is 13.2 Å². The van der Waals surface area contributed by atoms with Crippen LogP contribution in [0.1, 0.15) is 20.7 Å². The van der Waals surface area contributed by atoms with Crippen LogP contribution in [0, 0.1) is 0 Å². The van der Waals surface area contributed by atoms with Gasteiger partial charge in [-0.1, -0.05) is 28.1 Å². The van der Waals surface area contributed by atoms with Crippen molar-refractivity contribution in [3.63, 3.8) is 0 Å². The lowest BCUT2D eigenvalue weighted by Crippen LogP contribution is -2.19. The number of carbonyl (C=O) groups is 3. The van der Waals surface area contributed by atoms with Gasteiger partial charge in [-0.25, -0.2) is 4.79 Å². The smallest absolute Gasteiger partial charge is 0.340 e. The third kappa shape index (κ3) is 4.65. The van der Waals surface area contributed by atoms with E-state index in [4.69, 9.17) is 14.2 Å². The van der Waals surface area contributed by atoms with Crippen LogP contribution in [0.2, 0.25) is 0 Å². The molecule has 3 rings (SSSR count). The minimum absolute atomic E-state index is 0.0962. The Hall–Kier alpha value is -2.87. The van der Waals surface area contributed by atoms with Crippen molar-refractivity contribution >= 4 is 39.3 Å². The average molecular weight is 434 g/mol. The summed E-state index contributed by atoms with van der Waals surface area (Å²) in [5.74, 6) is -0.316. The maximum absolute atomic E-state index is 12.3. The van der Waals surface area contributed by atoms with Gasteiger partial charge < -0.3 is 19.5 Å². The molecule has 0 saturated heterocycles. The van der Waals surface area contributed by atoms with Crippen LogP contribution >= 0.6 is 15.9 Å². The number of ketones is 1. The van der Waals surface area contributed by atoms with E-state index in [2.05, 4.69) is 21.2 Å². The summed E-state index contributed by atoms with van der Waals surface area (Å²) in [7, 11) is 0. The standard InChI is InChI=1S/C19H16BrNO6/c20-10-18(23)21-14-4-2-1-3-13(14)19(24)27-11-15(22)12-5-6-16-17(9-12)26-8-7-25-16/h1-6,9H,7-8,10-11H2,(H,21,23). The Morgan fingerprint density at radius 3 is 2.56 bits per heavy atom. The number of nitrogens with one attached hydrogen (secondary N) is 1. The first-order valence-corrected chi connectivity index (χ1v) is 9.25. The maximum Gasteiger partial charge on any atom is 0.340 e. The van der Waals surface area contributed by atoms with Crippen molar-refractivity contribution in [1.82, 2.24) is 0 Å². The zero-order valence-corrected chi connectivity index (χ0v) is 15.8. The first kappa shape index (κ1) is 18.9. The molecular weight excluding hydrogens is 418 g/mol. The molecule has 0 unspecified atom stereocenters. The van der Waals surface area contributed by atoms with E-state index in [9.17, 15) is 14.4 Å². The lowest BCUT2D eigenvalue weighted by Gasteiger charge is -2.18. The number of esters is 1. The number of benzene rings is 2. The van der Waals surface area contributed by atoms with Crippen LogP contribution < -0.4 is 14.8 Å². The molecule has 0 bridgehead atoms. The molecule has 0 saturated carbocycles. The fourth-order valence-electron chi connectivity index (χ4n) is 2.46. The number of para-hydroxylation sites is 1. The number of hydrogen-bond acceptors (Lipinski definition) is 6. The molecule has 1 aliphatic rings. The highest BCUT2D eigenvalue weighted by Gasteiger charge is 2.18. The van der Waals surface area contributed by atoms with E-state index in [1.807, 2.05) is 0 Å². The fourth-order valence-corrected chi connectivity index (χ4v) is 2.60. The minimum Gasteiger partial charge on any atom is -0.486 e. The lowest BCUT2D eigenvalue weighted by atomic mass is 10.1. The summed E-state index contributed by atoms with van der Waals surface area (Å²) in [6.07, 6.45) is 0. The predicted octanol–water partition coefficient (Wildman–Crippen LogP) is 2.83. The Balaban J connectivity index is 1.65. The molecule has 0 aromatic heterocycles. The van der Waals surface area contributed by atoms with Gasteiger partial charge in [0.15, 0.2) is 23.9 Å². The van der Waals surface area contributed by atoms with Crippen molar-refractivity contribution < 1.29 is 28.6 Å². The number of fused-ring (bicyclic) bond motifs is 1. The number of carbonyl (C=O) groups excluding carboxylic acids is 3. The Labute approximate surface area is 163 Å². The van der Waals surface area contributed by atoms with E-state index in [0.717, 1.165) is 0 Å². The monoisotopic (exact) mass is 433 g/mol. The van der Waals surface area contributed by atoms with Crippen molar-refractivity contribution in [3.8, 4) is 11.5 Å². The average Bonchev–Trinajstić information content (AvgIpc) is 2.71. The van der Waals surface area contributed by atoms with Crippen molar-refractivity contribution in [3.05, 3.63) is 53.6 Å². The van der Waals surface area contributed by atoms with Crippen LogP contribution in [-0.2, 0) is 9.53 Å². The fraction of sp³-hybridized carbons (Fsp3) is 0.211. The second-order valence-corrected chi connectivity index (χ2v) is 6.15. The van der Waals surface area contributed by atoms with Gasteiger partial charge in [0, 0.05) is 5.56 Å². The van der Waals surface area contributed by atoms with Gasteiger partial charge in [0.05, 0.1) is 16.6 Å². The van der Waals surface area contributed by atoms with Gasteiger partial charge in [-0.15, -0.1) is 0 Å². The Morgan fingerprint density at radius 1 is 1.04 bits per heavy atom. The third-order valence-corrected chi connectivity index (χ3v) is 4.25. The zero-order chi connectivity index (χ0) is 19.2. The van der Waals surface area contributed by atoms with Crippen LogP contribution in [0.4, 0.5) is 5.69 Å². The zero-order valence-electron chi connectivity index (χ0n) is 14.2. The van der Waals surface area contributed by atoms with Crippen LogP contribution in [0.3, 0.4) is 0 Å². The van der Waals surface area contributed by atoms with Gasteiger partial charge in [0.25, 0.3) is 0 Å². The number of halogens is 1. The molecular formula is C19H16BrNO6. The molecule has 2 aromatic carbocycles. The highest BCUT2D eigenvalue weighted by atomic mass is 79.9. The van der Waals surface area contributed by atoms with Gasteiger partial charge in [0.2, 0.25) is 5.91 Å². The number of amides is 1. The van der Waals surface area contributed by atoms with Crippen LogP contribution in [0.15, 0.2) is 42.5 Å². The molecule has 7 nitrogen and oxygen atoms in total. The molecule has 0 atom stereocenters. The first-order valence-electron chi connectivity index (χ1n) is 8.13. The Kier molecular flexibility index (Phi) is 6.08. The molecule has 1 amide bonds. The number of anilines is 1. The van der Waals surface area contributed by atoms with Gasteiger partial charge in [-0.3, -0.25) is 9.59 Å². The van der Waals surface area contributed by atoms with E-state index in [0.29, 0.717) is 36.0 Å². The summed E-state index contributed by atoms with van der Waals surface area (Å²) in [5.41, 5.74) is 0.841. The van der Waals surface area contributed by atoms with Crippen molar-refractivity contribution in [2.24, 2.45) is 0 Å². The summed E-state index contributed by atoms with van der Waals surface area (Å²) >= 11 is 3.04. The normalized spacial score (nSPS) is 12.2. The maximum atomic E-state index is 12.3. The summed E-state index contributed by atoms with van der Waals surface area (Å²) in [6, 6.07) is 11.2. The van der Waals surface area contributed by atoms with E-state index < -0.39 is 12.6 Å². The number of rotatable bonds is 6. The Bertz CT molecular complexity index is 882. The number of hydrogen-bond donors (Lipinski definition) is 1. The first-order chi connectivity index (χ1) is 13.1.